The molecule has 1 saturated carbocycles. The first-order valence-electron chi connectivity index (χ1n) is 8.70. The number of benzene rings is 1. The van der Waals surface area contributed by atoms with Gasteiger partial charge >= 0.3 is 5.97 Å². The summed E-state index contributed by atoms with van der Waals surface area (Å²) < 4.78 is 0. The van der Waals surface area contributed by atoms with Crippen LogP contribution in [0.2, 0.25) is 0 Å². The molecule has 24 heavy (non-hydrogen) atoms. The quantitative estimate of drug-likeness (QED) is 0.713. The van der Waals surface area contributed by atoms with Crippen molar-refractivity contribution in [3.63, 3.8) is 0 Å². The SMILES string of the molecule is O=C(O)C1CCC(C(=O)NCCCc2c[nH]c3ccccc23)CC1. The van der Waals surface area contributed by atoms with Crippen LogP contribution >= 0.6 is 0 Å². The molecule has 0 unspecified atom stereocenters. The number of carbonyl (C=O) groups is 2. The van der Waals surface area contributed by atoms with Gasteiger partial charge in [0.05, 0.1) is 5.92 Å². The molecule has 5 nitrogen and oxygen atoms in total. The zero-order valence-electron chi connectivity index (χ0n) is 13.8. The number of carboxylic acid groups (broad SMARTS) is 1. The molecule has 0 bridgehead atoms. The number of aliphatic carboxylic acids is 1. The number of aromatic nitrogens is 1. The van der Waals surface area contributed by atoms with Gasteiger partial charge in [-0.25, -0.2) is 0 Å². The molecule has 1 heterocycles. The van der Waals surface area contributed by atoms with Crippen LogP contribution in [-0.4, -0.2) is 28.5 Å². The lowest BCUT2D eigenvalue weighted by molar-refractivity contribution is -0.144. The molecule has 1 aliphatic rings. The fourth-order valence-corrected chi connectivity index (χ4v) is 3.58. The molecule has 2 aromatic rings. The minimum Gasteiger partial charge on any atom is -0.481 e. The Hall–Kier alpha value is -2.30. The van der Waals surface area contributed by atoms with E-state index in [-0.39, 0.29) is 17.7 Å². The van der Waals surface area contributed by atoms with Gasteiger partial charge in [0, 0.05) is 29.6 Å². The molecule has 1 amide bonds. The Bertz CT molecular complexity index is 714. The van der Waals surface area contributed by atoms with Gasteiger partial charge in [-0.05, 0) is 50.2 Å². The maximum absolute atomic E-state index is 12.2. The number of H-pyrrole nitrogens is 1. The van der Waals surface area contributed by atoms with E-state index in [1.165, 1.54) is 10.9 Å². The molecule has 1 aromatic carbocycles. The first-order chi connectivity index (χ1) is 11.6. The lowest BCUT2D eigenvalue weighted by Crippen LogP contribution is -2.35. The number of aryl methyl sites for hydroxylation is 1. The predicted molar refractivity (Wildman–Crippen MR) is 92.7 cm³/mol. The number of fused-ring (bicyclic) bond motifs is 1. The predicted octanol–water partition coefficient (Wildman–Crippen LogP) is 3.11. The second-order valence-electron chi connectivity index (χ2n) is 6.64. The molecule has 3 rings (SSSR count). The van der Waals surface area contributed by atoms with Crippen LogP contribution in [0.15, 0.2) is 30.5 Å². The molecule has 1 aliphatic carbocycles. The monoisotopic (exact) mass is 328 g/mol. The number of carboxylic acids is 1. The van der Waals surface area contributed by atoms with Gasteiger partial charge in [0.1, 0.15) is 0 Å². The Kier molecular flexibility index (Phi) is 5.18. The molecule has 0 spiro atoms. The van der Waals surface area contributed by atoms with E-state index in [9.17, 15) is 9.59 Å². The summed E-state index contributed by atoms with van der Waals surface area (Å²) in [5.74, 6) is -0.935. The van der Waals surface area contributed by atoms with E-state index in [1.54, 1.807) is 0 Å². The van der Waals surface area contributed by atoms with Crippen molar-refractivity contribution in [3.05, 3.63) is 36.0 Å². The van der Waals surface area contributed by atoms with Crippen molar-refractivity contribution in [2.45, 2.75) is 38.5 Å². The van der Waals surface area contributed by atoms with Crippen LogP contribution in [0.3, 0.4) is 0 Å². The van der Waals surface area contributed by atoms with Crippen LogP contribution in [0.1, 0.15) is 37.7 Å². The average Bonchev–Trinajstić information content (AvgIpc) is 3.02. The largest absolute Gasteiger partial charge is 0.481 e. The number of hydrogen-bond acceptors (Lipinski definition) is 2. The van der Waals surface area contributed by atoms with Crippen molar-refractivity contribution >= 4 is 22.8 Å². The maximum atomic E-state index is 12.2. The Morgan fingerprint density at radius 1 is 1.12 bits per heavy atom. The van der Waals surface area contributed by atoms with Gasteiger partial charge in [-0.2, -0.15) is 0 Å². The number of nitrogens with one attached hydrogen (secondary N) is 2. The van der Waals surface area contributed by atoms with Gasteiger partial charge < -0.3 is 15.4 Å². The van der Waals surface area contributed by atoms with E-state index in [2.05, 4.69) is 22.4 Å². The highest BCUT2D eigenvalue weighted by Crippen LogP contribution is 2.29. The number of amides is 1. The van der Waals surface area contributed by atoms with E-state index >= 15 is 0 Å². The van der Waals surface area contributed by atoms with Gasteiger partial charge in [0.25, 0.3) is 0 Å². The van der Waals surface area contributed by atoms with Gasteiger partial charge in [0.15, 0.2) is 0 Å². The van der Waals surface area contributed by atoms with Crippen molar-refractivity contribution in [2.24, 2.45) is 11.8 Å². The van der Waals surface area contributed by atoms with Crippen molar-refractivity contribution in [1.82, 2.24) is 10.3 Å². The van der Waals surface area contributed by atoms with Gasteiger partial charge in [-0.15, -0.1) is 0 Å². The fraction of sp³-hybridized carbons (Fsp3) is 0.474. The third-order valence-corrected chi connectivity index (χ3v) is 5.04. The molecule has 0 radical (unpaired) electrons. The van der Waals surface area contributed by atoms with Crippen molar-refractivity contribution in [3.8, 4) is 0 Å². The lowest BCUT2D eigenvalue weighted by atomic mass is 9.81. The second-order valence-corrected chi connectivity index (χ2v) is 6.64. The Labute approximate surface area is 141 Å². The standard InChI is InChI=1S/C19H24N2O3/c22-18(13-7-9-14(10-8-13)19(23)24)20-11-3-4-15-12-21-17-6-2-1-5-16(15)17/h1-2,5-6,12-14,21H,3-4,7-11H2,(H,20,22)(H,23,24). The van der Waals surface area contributed by atoms with Crippen LogP contribution in [-0.2, 0) is 16.0 Å². The minimum absolute atomic E-state index is 0.0197. The third-order valence-electron chi connectivity index (χ3n) is 5.04. The number of carbonyl (C=O) groups excluding carboxylic acids is 1. The number of aromatic amines is 1. The summed E-state index contributed by atoms with van der Waals surface area (Å²) in [6.45, 7) is 0.664. The van der Waals surface area contributed by atoms with E-state index in [4.69, 9.17) is 5.11 Å². The zero-order valence-corrected chi connectivity index (χ0v) is 13.8. The zero-order chi connectivity index (χ0) is 16.9. The maximum Gasteiger partial charge on any atom is 0.306 e. The smallest absolute Gasteiger partial charge is 0.306 e. The van der Waals surface area contributed by atoms with E-state index in [0.717, 1.165) is 18.4 Å². The summed E-state index contributed by atoms with van der Waals surface area (Å²) in [5, 5.41) is 13.3. The molecule has 1 fully saturated rings. The second kappa shape index (κ2) is 7.51. The lowest BCUT2D eigenvalue weighted by Gasteiger charge is -2.25. The van der Waals surface area contributed by atoms with Crippen LogP contribution < -0.4 is 5.32 Å². The summed E-state index contributed by atoms with van der Waals surface area (Å²) in [6.07, 6.45) is 6.47. The van der Waals surface area contributed by atoms with Crippen molar-refractivity contribution in [2.75, 3.05) is 6.54 Å². The topological polar surface area (TPSA) is 82.2 Å². The summed E-state index contributed by atoms with van der Waals surface area (Å²) in [7, 11) is 0. The molecular formula is C19H24N2O3. The van der Waals surface area contributed by atoms with Crippen LogP contribution in [0.5, 0.6) is 0 Å². The first-order valence-corrected chi connectivity index (χ1v) is 8.70. The van der Waals surface area contributed by atoms with Crippen molar-refractivity contribution < 1.29 is 14.7 Å². The molecule has 128 valence electrons. The Morgan fingerprint density at radius 2 is 1.83 bits per heavy atom. The first kappa shape index (κ1) is 16.6. The normalized spacial score (nSPS) is 20.8. The fourth-order valence-electron chi connectivity index (χ4n) is 3.58. The Morgan fingerprint density at radius 3 is 2.58 bits per heavy atom. The van der Waals surface area contributed by atoms with E-state index in [0.29, 0.717) is 32.2 Å². The summed E-state index contributed by atoms with van der Waals surface area (Å²) in [5.41, 5.74) is 2.42. The third kappa shape index (κ3) is 3.78. The van der Waals surface area contributed by atoms with Gasteiger partial charge in [-0.1, -0.05) is 18.2 Å². The average molecular weight is 328 g/mol. The van der Waals surface area contributed by atoms with Crippen LogP contribution in [0, 0.1) is 11.8 Å². The highest BCUT2D eigenvalue weighted by atomic mass is 16.4. The highest BCUT2D eigenvalue weighted by Gasteiger charge is 2.29. The molecule has 0 atom stereocenters. The number of para-hydroxylation sites is 1. The van der Waals surface area contributed by atoms with Gasteiger partial charge in [0.2, 0.25) is 5.91 Å². The highest BCUT2D eigenvalue weighted by molar-refractivity contribution is 5.83. The molecular weight excluding hydrogens is 304 g/mol. The molecule has 0 aliphatic heterocycles. The molecule has 0 saturated heterocycles. The van der Waals surface area contributed by atoms with Crippen molar-refractivity contribution in [1.29, 1.82) is 0 Å². The molecule has 3 N–H and O–H groups in total. The van der Waals surface area contributed by atoms with Crippen LogP contribution in [0.25, 0.3) is 10.9 Å². The number of hydrogen-bond donors (Lipinski definition) is 3. The molecule has 1 aromatic heterocycles. The summed E-state index contributed by atoms with van der Waals surface area (Å²) in [6, 6.07) is 8.23. The van der Waals surface area contributed by atoms with Crippen LogP contribution in [0.4, 0.5) is 0 Å². The summed E-state index contributed by atoms with van der Waals surface area (Å²) in [4.78, 5) is 26.4. The molecule has 5 heteroatoms. The van der Waals surface area contributed by atoms with Gasteiger partial charge in [-0.3, -0.25) is 9.59 Å². The van der Waals surface area contributed by atoms with E-state index in [1.807, 2.05) is 18.3 Å². The summed E-state index contributed by atoms with van der Waals surface area (Å²) >= 11 is 0. The number of rotatable bonds is 6. The van der Waals surface area contributed by atoms with E-state index < -0.39 is 5.97 Å². The Balaban J connectivity index is 1.40. The minimum atomic E-state index is -0.729.